The van der Waals surface area contributed by atoms with E-state index in [0.29, 0.717) is 11.7 Å². The molecule has 0 atom stereocenters. The fraction of sp³-hybridized carbons (Fsp3) is 0.593. The highest BCUT2D eigenvalue weighted by molar-refractivity contribution is 5.75. The van der Waals surface area contributed by atoms with Crippen LogP contribution in [0.1, 0.15) is 69.9 Å². The van der Waals surface area contributed by atoms with Crippen LogP contribution in [0.15, 0.2) is 24.3 Å². The Hall–Kier alpha value is -2.63. The third kappa shape index (κ3) is 5.66. The van der Waals surface area contributed by atoms with Gasteiger partial charge in [-0.1, -0.05) is 38.5 Å². The van der Waals surface area contributed by atoms with Crippen molar-refractivity contribution < 1.29 is 19.0 Å². The zero-order valence-electron chi connectivity index (χ0n) is 20.3. The van der Waals surface area contributed by atoms with Crippen molar-refractivity contribution in [1.82, 2.24) is 9.88 Å². The van der Waals surface area contributed by atoms with Crippen LogP contribution in [0, 0.1) is 12.8 Å². The van der Waals surface area contributed by atoms with Gasteiger partial charge in [-0.15, -0.1) is 0 Å². The summed E-state index contributed by atoms with van der Waals surface area (Å²) in [4.78, 5) is 12.7. The predicted molar refractivity (Wildman–Crippen MR) is 130 cm³/mol. The van der Waals surface area contributed by atoms with Gasteiger partial charge in [0.05, 0.1) is 25.6 Å². The minimum Gasteiger partial charge on any atom is -0.497 e. The number of ether oxygens (including phenoxy) is 3. The molecule has 1 N–H and O–H groups in total. The average Bonchev–Trinajstić information content (AvgIpc) is 3.14. The minimum atomic E-state index is -0.357. The lowest BCUT2D eigenvalue weighted by Crippen LogP contribution is -2.38. The number of carbonyl (C=O) groups is 1. The lowest BCUT2D eigenvalue weighted by molar-refractivity contribution is 0.191. The van der Waals surface area contributed by atoms with Crippen LogP contribution in [-0.2, 0) is 6.54 Å². The highest BCUT2D eigenvalue weighted by Gasteiger charge is 2.24. The molecular formula is C27H38N2O4. The molecule has 0 radical (unpaired) electrons. The van der Waals surface area contributed by atoms with E-state index in [1.54, 1.807) is 14.2 Å². The summed E-state index contributed by atoms with van der Waals surface area (Å²) >= 11 is 0. The third-order valence-corrected chi connectivity index (χ3v) is 7.30. The lowest BCUT2D eigenvalue weighted by Gasteiger charge is -2.24. The second kappa shape index (κ2) is 11.0. The summed E-state index contributed by atoms with van der Waals surface area (Å²) in [5, 5.41) is 3.07. The highest BCUT2D eigenvalue weighted by Crippen LogP contribution is 2.39. The van der Waals surface area contributed by atoms with E-state index in [1.807, 2.05) is 31.2 Å². The Morgan fingerprint density at radius 2 is 1.64 bits per heavy atom. The molecule has 0 spiro atoms. The summed E-state index contributed by atoms with van der Waals surface area (Å²) in [5.74, 6) is 2.78. The van der Waals surface area contributed by atoms with E-state index in [2.05, 4.69) is 9.88 Å². The Labute approximate surface area is 197 Å². The van der Waals surface area contributed by atoms with Crippen LogP contribution in [-0.4, -0.2) is 30.9 Å². The van der Waals surface area contributed by atoms with Gasteiger partial charge in [0, 0.05) is 24.2 Å². The SMILES string of the molecule is COc1ccc(OC)c(-c2cc(OC(=O)NC3CCCCC3)c(C)n2CC2CCCCC2)c1. The van der Waals surface area contributed by atoms with E-state index < -0.39 is 0 Å². The Kier molecular flexibility index (Phi) is 7.84. The van der Waals surface area contributed by atoms with Crippen molar-refractivity contribution in [1.29, 1.82) is 0 Å². The van der Waals surface area contributed by atoms with E-state index in [4.69, 9.17) is 14.2 Å². The smallest absolute Gasteiger partial charge is 0.412 e. The highest BCUT2D eigenvalue weighted by atomic mass is 16.6. The molecule has 2 aromatic rings. The molecule has 0 aliphatic heterocycles. The zero-order valence-corrected chi connectivity index (χ0v) is 20.3. The van der Waals surface area contributed by atoms with Crippen molar-refractivity contribution in [3.63, 3.8) is 0 Å². The topological polar surface area (TPSA) is 61.7 Å². The van der Waals surface area contributed by atoms with Crippen molar-refractivity contribution in [2.24, 2.45) is 5.92 Å². The fourth-order valence-electron chi connectivity index (χ4n) is 5.37. The number of nitrogens with one attached hydrogen (secondary N) is 1. The largest absolute Gasteiger partial charge is 0.497 e. The minimum absolute atomic E-state index is 0.217. The van der Waals surface area contributed by atoms with E-state index >= 15 is 0 Å². The van der Waals surface area contributed by atoms with Crippen LogP contribution < -0.4 is 19.5 Å². The number of aromatic nitrogens is 1. The number of hydrogen-bond donors (Lipinski definition) is 1. The van der Waals surface area contributed by atoms with E-state index in [-0.39, 0.29) is 12.1 Å². The average molecular weight is 455 g/mol. The third-order valence-electron chi connectivity index (χ3n) is 7.30. The van der Waals surface area contributed by atoms with E-state index in [0.717, 1.165) is 47.8 Å². The standard InChI is InChI=1S/C27H38N2O4/c1-19-26(33-27(30)28-21-12-8-5-9-13-21)17-24(29(19)18-20-10-6-4-7-11-20)23-16-22(31-2)14-15-25(23)32-3/h14-17,20-21H,4-13,18H2,1-3H3,(H,28,30). The van der Waals surface area contributed by atoms with Gasteiger partial charge in [-0.05, 0) is 56.7 Å². The maximum atomic E-state index is 12.7. The van der Waals surface area contributed by atoms with Gasteiger partial charge in [-0.2, -0.15) is 0 Å². The maximum absolute atomic E-state index is 12.7. The molecule has 6 heteroatoms. The van der Waals surface area contributed by atoms with Crippen molar-refractivity contribution in [3.05, 3.63) is 30.0 Å². The van der Waals surface area contributed by atoms with Gasteiger partial charge in [0.25, 0.3) is 0 Å². The molecular weight excluding hydrogens is 416 g/mol. The quantitative estimate of drug-likeness (QED) is 0.520. The Bertz CT molecular complexity index is 940. The van der Waals surface area contributed by atoms with Crippen LogP contribution in [0.25, 0.3) is 11.3 Å². The first-order valence-electron chi connectivity index (χ1n) is 12.5. The summed E-state index contributed by atoms with van der Waals surface area (Å²) < 4.78 is 19.3. The van der Waals surface area contributed by atoms with Crippen LogP contribution in [0.4, 0.5) is 4.79 Å². The zero-order chi connectivity index (χ0) is 23.2. The molecule has 0 bridgehead atoms. The molecule has 180 valence electrons. The summed E-state index contributed by atoms with van der Waals surface area (Å²) in [6.45, 7) is 2.96. The lowest BCUT2D eigenvalue weighted by atomic mass is 9.89. The number of carbonyl (C=O) groups excluding carboxylic acids is 1. The first kappa shape index (κ1) is 23.5. The van der Waals surface area contributed by atoms with Crippen LogP contribution in [0.2, 0.25) is 0 Å². The number of methoxy groups -OCH3 is 2. The molecule has 2 aliphatic rings. The van der Waals surface area contributed by atoms with Gasteiger partial charge in [-0.25, -0.2) is 4.79 Å². The normalized spacial score (nSPS) is 17.5. The van der Waals surface area contributed by atoms with Crippen LogP contribution in [0.5, 0.6) is 17.2 Å². The molecule has 6 nitrogen and oxygen atoms in total. The first-order chi connectivity index (χ1) is 16.1. The van der Waals surface area contributed by atoms with Gasteiger partial charge in [0.1, 0.15) is 11.5 Å². The second-order valence-corrected chi connectivity index (χ2v) is 9.53. The summed E-state index contributed by atoms with van der Waals surface area (Å²) in [5.41, 5.74) is 2.91. The number of rotatable bonds is 7. The molecule has 0 saturated heterocycles. The van der Waals surface area contributed by atoms with Crippen LogP contribution >= 0.6 is 0 Å². The second-order valence-electron chi connectivity index (χ2n) is 9.53. The van der Waals surface area contributed by atoms with Gasteiger partial charge < -0.3 is 24.1 Å². The number of nitrogens with zero attached hydrogens (tertiary/aromatic N) is 1. The molecule has 1 aromatic heterocycles. The molecule has 1 amide bonds. The van der Waals surface area contributed by atoms with Crippen molar-refractivity contribution in [3.8, 4) is 28.5 Å². The summed E-state index contributed by atoms with van der Waals surface area (Å²) in [6, 6.07) is 8.03. The predicted octanol–water partition coefficient (Wildman–Crippen LogP) is 6.48. The number of hydrogen-bond acceptors (Lipinski definition) is 4. The Morgan fingerprint density at radius 3 is 2.30 bits per heavy atom. The van der Waals surface area contributed by atoms with E-state index in [1.165, 1.54) is 51.4 Å². The first-order valence-corrected chi connectivity index (χ1v) is 12.5. The number of amides is 1. The molecule has 0 unspecified atom stereocenters. The molecule has 2 saturated carbocycles. The van der Waals surface area contributed by atoms with Gasteiger partial charge in [0.15, 0.2) is 5.75 Å². The molecule has 4 rings (SSSR count). The van der Waals surface area contributed by atoms with E-state index in [9.17, 15) is 4.79 Å². The molecule has 2 aliphatic carbocycles. The molecule has 1 aromatic carbocycles. The summed E-state index contributed by atoms with van der Waals surface area (Å²) in [6.07, 6.45) is 11.7. The van der Waals surface area contributed by atoms with Crippen LogP contribution in [0.3, 0.4) is 0 Å². The van der Waals surface area contributed by atoms with Gasteiger partial charge >= 0.3 is 6.09 Å². The van der Waals surface area contributed by atoms with Crippen molar-refractivity contribution in [2.45, 2.75) is 83.7 Å². The van der Waals surface area contributed by atoms with Crippen molar-refractivity contribution >= 4 is 6.09 Å². The van der Waals surface area contributed by atoms with Gasteiger partial charge in [-0.3, -0.25) is 0 Å². The maximum Gasteiger partial charge on any atom is 0.412 e. The molecule has 2 fully saturated rings. The Balaban J connectivity index is 1.64. The molecule has 1 heterocycles. The fourth-order valence-corrected chi connectivity index (χ4v) is 5.37. The molecule has 33 heavy (non-hydrogen) atoms. The monoisotopic (exact) mass is 454 g/mol. The number of benzene rings is 1. The van der Waals surface area contributed by atoms with Gasteiger partial charge in [0.2, 0.25) is 0 Å². The summed E-state index contributed by atoms with van der Waals surface area (Å²) in [7, 11) is 3.35. The Morgan fingerprint density at radius 1 is 0.939 bits per heavy atom. The van der Waals surface area contributed by atoms with Crippen molar-refractivity contribution in [2.75, 3.05) is 14.2 Å².